The summed E-state index contributed by atoms with van der Waals surface area (Å²) in [5.74, 6) is -1.62. The quantitative estimate of drug-likeness (QED) is 0.643. The number of nitrogens with zero attached hydrogens (tertiary/aromatic N) is 2. The van der Waals surface area contributed by atoms with Crippen molar-refractivity contribution in [3.8, 4) is 0 Å². The molecule has 0 unspecified atom stereocenters. The summed E-state index contributed by atoms with van der Waals surface area (Å²) in [5, 5.41) is 24.3. The van der Waals surface area contributed by atoms with E-state index >= 15 is 0 Å². The third kappa shape index (κ3) is 4.36. The van der Waals surface area contributed by atoms with Crippen LogP contribution in [0.25, 0.3) is 0 Å². The molecule has 7 heteroatoms. The number of aliphatic carboxylic acids is 1. The average Bonchev–Trinajstić information content (AvgIpc) is 2.70. The molecular weight excluding hydrogens is 250 g/mol. The Bertz CT molecular complexity index is 456. The number of carboxylic acid groups (broad SMARTS) is 1. The fourth-order valence-corrected chi connectivity index (χ4v) is 1.65. The maximum atomic E-state index is 11.8. The molecule has 19 heavy (non-hydrogen) atoms. The molecule has 0 aromatic carbocycles. The third-order valence-electron chi connectivity index (χ3n) is 2.66. The van der Waals surface area contributed by atoms with Crippen LogP contribution >= 0.6 is 0 Å². The monoisotopic (exact) mass is 269 g/mol. The van der Waals surface area contributed by atoms with E-state index in [2.05, 4.69) is 10.4 Å². The van der Waals surface area contributed by atoms with Crippen LogP contribution in [-0.4, -0.2) is 44.5 Å². The van der Waals surface area contributed by atoms with Gasteiger partial charge in [-0.15, -0.1) is 0 Å². The summed E-state index contributed by atoms with van der Waals surface area (Å²) in [6.45, 7) is 2.13. The number of carbonyl (C=O) groups is 2. The molecule has 0 fully saturated rings. The summed E-state index contributed by atoms with van der Waals surface area (Å²) in [4.78, 5) is 22.2. The molecule has 1 rings (SSSR count). The molecule has 1 atom stereocenters. The Morgan fingerprint density at radius 3 is 2.79 bits per heavy atom. The molecular formula is C12H19N3O4. The van der Waals surface area contributed by atoms with E-state index in [4.69, 9.17) is 10.2 Å². The number of carbonyl (C=O) groups excluding carboxylic acids is 1. The summed E-state index contributed by atoms with van der Waals surface area (Å²) >= 11 is 0. The van der Waals surface area contributed by atoms with E-state index < -0.39 is 12.1 Å². The van der Waals surface area contributed by atoms with Crippen LogP contribution in [0, 0.1) is 0 Å². The smallest absolute Gasteiger partial charge is 0.332 e. The van der Waals surface area contributed by atoms with Gasteiger partial charge in [-0.2, -0.15) is 5.10 Å². The zero-order valence-electron chi connectivity index (χ0n) is 11.1. The van der Waals surface area contributed by atoms with Gasteiger partial charge in [0.25, 0.3) is 5.91 Å². The fraction of sp³-hybridized carbons (Fsp3) is 0.583. The van der Waals surface area contributed by atoms with Crippen LogP contribution in [0.1, 0.15) is 35.9 Å². The van der Waals surface area contributed by atoms with Gasteiger partial charge in [0, 0.05) is 20.0 Å². The van der Waals surface area contributed by atoms with Gasteiger partial charge in [-0.1, -0.05) is 13.3 Å². The first-order valence-electron chi connectivity index (χ1n) is 6.17. The summed E-state index contributed by atoms with van der Waals surface area (Å²) in [5.41, 5.74) is 1.27. The zero-order chi connectivity index (χ0) is 14.4. The first-order chi connectivity index (χ1) is 8.95. The first kappa shape index (κ1) is 15.2. The Kier molecular flexibility index (Phi) is 5.50. The number of aromatic nitrogens is 2. The summed E-state index contributed by atoms with van der Waals surface area (Å²) < 4.78 is 1.49. The van der Waals surface area contributed by atoms with Crippen molar-refractivity contribution in [2.45, 2.75) is 32.3 Å². The molecule has 1 aromatic heterocycles. The van der Waals surface area contributed by atoms with Crippen molar-refractivity contribution < 1.29 is 19.8 Å². The van der Waals surface area contributed by atoms with Gasteiger partial charge < -0.3 is 15.5 Å². The fourth-order valence-electron chi connectivity index (χ4n) is 1.65. The van der Waals surface area contributed by atoms with Gasteiger partial charge in [-0.3, -0.25) is 9.48 Å². The Morgan fingerprint density at radius 2 is 2.21 bits per heavy atom. The van der Waals surface area contributed by atoms with E-state index in [1.54, 1.807) is 13.1 Å². The highest BCUT2D eigenvalue weighted by atomic mass is 16.4. The number of aryl methyl sites for hydroxylation is 2. The summed E-state index contributed by atoms with van der Waals surface area (Å²) in [7, 11) is 1.68. The number of rotatable bonds is 7. The number of amides is 1. The maximum absolute atomic E-state index is 11.8. The maximum Gasteiger partial charge on any atom is 0.332 e. The van der Waals surface area contributed by atoms with Crippen LogP contribution in [0.5, 0.6) is 0 Å². The van der Waals surface area contributed by atoms with E-state index in [1.807, 2.05) is 6.92 Å². The minimum atomic E-state index is -1.46. The topological polar surface area (TPSA) is 104 Å². The molecule has 0 aliphatic rings. The molecule has 7 nitrogen and oxygen atoms in total. The molecule has 0 saturated heterocycles. The van der Waals surface area contributed by atoms with Crippen LogP contribution in [0.3, 0.4) is 0 Å². The SMILES string of the molecule is CCCc1cc(C(=O)NCC[C@H](O)C(=O)O)n(C)n1. The predicted molar refractivity (Wildman–Crippen MR) is 67.8 cm³/mol. The van der Waals surface area contributed by atoms with E-state index in [9.17, 15) is 9.59 Å². The lowest BCUT2D eigenvalue weighted by atomic mass is 10.2. The lowest BCUT2D eigenvalue weighted by Gasteiger charge is -2.07. The standard InChI is InChI=1S/C12H19N3O4/c1-3-4-8-7-9(15(2)14-8)11(17)13-6-5-10(16)12(18)19/h7,10,16H,3-6H2,1-2H3,(H,13,17)(H,18,19)/t10-/m0/s1. The van der Waals surface area contributed by atoms with E-state index in [0.717, 1.165) is 18.5 Å². The lowest BCUT2D eigenvalue weighted by Crippen LogP contribution is -2.31. The van der Waals surface area contributed by atoms with E-state index in [1.165, 1.54) is 4.68 Å². The highest BCUT2D eigenvalue weighted by Gasteiger charge is 2.15. The number of carboxylic acids is 1. The molecule has 0 aliphatic carbocycles. The number of nitrogens with one attached hydrogen (secondary N) is 1. The normalized spacial score (nSPS) is 12.2. The summed E-state index contributed by atoms with van der Waals surface area (Å²) in [6.07, 6.45) is 0.269. The Balaban J connectivity index is 2.51. The van der Waals surface area contributed by atoms with Crippen LogP contribution < -0.4 is 5.32 Å². The largest absolute Gasteiger partial charge is 0.479 e. The number of hydrogen-bond donors (Lipinski definition) is 3. The molecule has 0 spiro atoms. The van der Waals surface area contributed by atoms with Gasteiger partial charge in [-0.05, 0) is 12.5 Å². The predicted octanol–water partition coefficient (Wildman–Crippen LogP) is -0.0620. The van der Waals surface area contributed by atoms with Crippen molar-refractivity contribution in [3.63, 3.8) is 0 Å². The number of aliphatic hydroxyl groups excluding tert-OH is 1. The number of aliphatic hydroxyl groups is 1. The van der Waals surface area contributed by atoms with Crippen molar-refractivity contribution in [3.05, 3.63) is 17.5 Å². The van der Waals surface area contributed by atoms with Gasteiger partial charge in [0.1, 0.15) is 5.69 Å². The summed E-state index contributed by atoms with van der Waals surface area (Å²) in [6, 6.07) is 1.71. The third-order valence-corrected chi connectivity index (χ3v) is 2.66. The van der Waals surface area contributed by atoms with Gasteiger partial charge >= 0.3 is 5.97 Å². The van der Waals surface area contributed by atoms with Crippen LogP contribution in [0.15, 0.2) is 6.07 Å². The minimum absolute atomic E-state index is 0.0270. The molecule has 0 aliphatic heterocycles. The van der Waals surface area contributed by atoms with Gasteiger partial charge in [0.2, 0.25) is 0 Å². The van der Waals surface area contributed by atoms with Crippen molar-refractivity contribution in [1.82, 2.24) is 15.1 Å². The highest BCUT2D eigenvalue weighted by molar-refractivity contribution is 5.92. The van der Waals surface area contributed by atoms with Crippen molar-refractivity contribution in [2.24, 2.45) is 7.05 Å². The molecule has 1 aromatic rings. The second-order valence-electron chi connectivity index (χ2n) is 4.29. The van der Waals surface area contributed by atoms with Crippen LogP contribution in [-0.2, 0) is 18.3 Å². The molecule has 3 N–H and O–H groups in total. The second-order valence-corrected chi connectivity index (χ2v) is 4.29. The van der Waals surface area contributed by atoms with E-state index in [0.29, 0.717) is 5.69 Å². The zero-order valence-corrected chi connectivity index (χ0v) is 11.1. The molecule has 0 saturated carbocycles. The van der Waals surface area contributed by atoms with Gasteiger partial charge in [-0.25, -0.2) is 4.79 Å². The van der Waals surface area contributed by atoms with Crippen molar-refractivity contribution in [2.75, 3.05) is 6.54 Å². The number of hydrogen-bond acceptors (Lipinski definition) is 4. The van der Waals surface area contributed by atoms with Gasteiger partial charge in [0.05, 0.1) is 5.69 Å². The van der Waals surface area contributed by atoms with Crippen molar-refractivity contribution >= 4 is 11.9 Å². The molecule has 1 amide bonds. The lowest BCUT2D eigenvalue weighted by molar-refractivity contribution is -0.146. The molecule has 106 valence electrons. The van der Waals surface area contributed by atoms with Crippen molar-refractivity contribution in [1.29, 1.82) is 0 Å². The Morgan fingerprint density at radius 1 is 1.53 bits per heavy atom. The second kappa shape index (κ2) is 6.89. The minimum Gasteiger partial charge on any atom is -0.479 e. The highest BCUT2D eigenvalue weighted by Crippen LogP contribution is 2.05. The Labute approximate surface area is 111 Å². The Hall–Kier alpha value is -1.89. The first-order valence-corrected chi connectivity index (χ1v) is 6.17. The molecule has 0 bridgehead atoms. The molecule has 1 heterocycles. The average molecular weight is 269 g/mol. The van der Waals surface area contributed by atoms with Gasteiger partial charge in [0.15, 0.2) is 6.10 Å². The van der Waals surface area contributed by atoms with E-state index in [-0.39, 0.29) is 18.9 Å². The molecule has 0 radical (unpaired) electrons. The van der Waals surface area contributed by atoms with Crippen LogP contribution in [0.4, 0.5) is 0 Å². The van der Waals surface area contributed by atoms with Crippen LogP contribution in [0.2, 0.25) is 0 Å².